The van der Waals surface area contributed by atoms with Gasteiger partial charge in [-0.2, -0.15) is 0 Å². The van der Waals surface area contributed by atoms with Gasteiger partial charge in [-0.15, -0.1) is 0 Å². The van der Waals surface area contributed by atoms with Gasteiger partial charge in [-0.1, -0.05) is 32.6 Å². The number of Topliss-reactive ketones (excluding diaryl/α,β-unsaturated/α-hetero) is 1. The summed E-state index contributed by atoms with van der Waals surface area (Å²) >= 11 is 0. The molecular formula is C15H28O3. The second-order valence-electron chi connectivity index (χ2n) is 5.20. The molecule has 3 heteroatoms. The van der Waals surface area contributed by atoms with E-state index >= 15 is 0 Å². The Hall–Kier alpha value is -0.410. The van der Waals surface area contributed by atoms with E-state index in [9.17, 15) is 4.79 Å². The summed E-state index contributed by atoms with van der Waals surface area (Å²) in [6, 6.07) is 0. The Morgan fingerprint density at radius 3 is 2.72 bits per heavy atom. The summed E-state index contributed by atoms with van der Waals surface area (Å²) in [5.74, 6) is 0.223. The molecule has 0 aromatic carbocycles. The van der Waals surface area contributed by atoms with E-state index in [4.69, 9.17) is 9.47 Å². The van der Waals surface area contributed by atoms with E-state index in [1.807, 2.05) is 6.92 Å². The zero-order valence-electron chi connectivity index (χ0n) is 12.0. The van der Waals surface area contributed by atoms with E-state index in [1.54, 1.807) is 0 Å². The third kappa shape index (κ3) is 6.50. The second-order valence-corrected chi connectivity index (χ2v) is 5.20. The van der Waals surface area contributed by atoms with E-state index in [0.29, 0.717) is 6.42 Å². The van der Waals surface area contributed by atoms with Crippen molar-refractivity contribution in [1.29, 1.82) is 0 Å². The fraction of sp³-hybridized carbons (Fsp3) is 0.933. The Morgan fingerprint density at radius 1 is 1.28 bits per heavy atom. The molecule has 0 spiro atoms. The number of carbonyl (C=O) groups is 1. The highest BCUT2D eigenvalue weighted by Crippen LogP contribution is 2.16. The zero-order valence-corrected chi connectivity index (χ0v) is 12.0. The molecule has 1 fully saturated rings. The molecule has 1 heterocycles. The van der Waals surface area contributed by atoms with Crippen LogP contribution in [0.3, 0.4) is 0 Å². The Labute approximate surface area is 111 Å². The summed E-state index contributed by atoms with van der Waals surface area (Å²) in [6.07, 6.45) is 9.28. The molecule has 1 aliphatic heterocycles. The zero-order chi connectivity index (χ0) is 13.2. The number of ketones is 1. The van der Waals surface area contributed by atoms with Gasteiger partial charge in [0.25, 0.3) is 0 Å². The first-order valence-electron chi connectivity index (χ1n) is 7.53. The lowest BCUT2D eigenvalue weighted by Crippen LogP contribution is -2.30. The van der Waals surface area contributed by atoms with Gasteiger partial charge in [0, 0.05) is 13.0 Å². The average molecular weight is 256 g/mol. The van der Waals surface area contributed by atoms with Gasteiger partial charge < -0.3 is 9.47 Å². The van der Waals surface area contributed by atoms with Crippen molar-refractivity contribution < 1.29 is 14.3 Å². The van der Waals surface area contributed by atoms with Crippen molar-refractivity contribution in [3.63, 3.8) is 0 Å². The van der Waals surface area contributed by atoms with Crippen molar-refractivity contribution in [2.45, 2.75) is 84.0 Å². The van der Waals surface area contributed by atoms with Gasteiger partial charge in [0.05, 0.1) is 0 Å². The first-order valence-corrected chi connectivity index (χ1v) is 7.53. The van der Waals surface area contributed by atoms with Crippen LogP contribution in [-0.4, -0.2) is 24.8 Å². The molecule has 106 valence electrons. The summed E-state index contributed by atoms with van der Waals surface area (Å²) < 4.78 is 11.1. The van der Waals surface area contributed by atoms with Crippen LogP contribution >= 0.6 is 0 Å². The molecule has 0 radical (unpaired) electrons. The predicted octanol–water partition coefficient (Wildman–Crippen LogP) is 3.85. The van der Waals surface area contributed by atoms with Gasteiger partial charge in [-0.3, -0.25) is 4.79 Å². The van der Waals surface area contributed by atoms with Gasteiger partial charge >= 0.3 is 0 Å². The summed E-state index contributed by atoms with van der Waals surface area (Å²) in [6.45, 7) is 4.82. The van der Waals surface area contributed by atoms with Crippen molar-refractivity contribution in [1.82, 2.24) is 0 Å². The Morgan fingerprint density at radius 2 is 2.06 bits per heavy atom. The minimum Gasteiger partial charge on any atom is -0.353 e. The molecule has 1 saturated heterocycles. The van der Waals surface area contributed by atoms with Gasteiger partial charge in [-0.05, 0) is 32.6 Å². The van der Waals surface area contributed by atoms with Crippen LogP contribution in [-0.2, 0) is 14.3 Å². The molecule has 0 saturated carbocycles. The molecular weight excluding hydrogens is 228 g/mol. The molecule has 0 aliphatic carbocycles. The van der Waals surface area contributed by atoms with Gasteiger partial charge in [0.2, 0.25) is 0 Å². The minimum absolute atomic E-state index is 0.155. The topological polar surface area (TPSA) is 35.5 Å². The van der Waals surface area contributed by atoms with Crippen molar-refractivity contribution in [3.8, 4) is 0 Å². The summed E-state index contributed by atoms with van der Waals surface area (Å²) in [5.41, 5.74) is 0. The highest BCUT2D eigenvalue weighted by atomic mass is 16.7. The van der Waals surface area contributed by atoms with Crippen LogP contribution in [0.1, 0.15) is 71.6 Å². The maximum Gasteiger partial charge on any atom is 0.161 e. The fourth-order valence-corrected chi connectivity index (χ4v) is 2.23. The quantitative estimate of drug-likeness (QED) is 0.588. The Balaban J connectivity index is 2.08. The lowest BCUT2D eigenvalue weighted by molar-refractivity contribution is -0.188. The number of carbonyl (C=O) groups excluding carboxylic acids is 1. The summed E-state index contributed by atoms with van der Waals surface area (Å²) in [5, 5.41) is 0. The highest BCUT2D eigenvalue weighted by Gasteiger charge is 2.21. The third-order valence-electron chi connectivity index (χ3n) is 3.47. The summed E-state index contributed by atoms with van der Waals surface area (Å²) in [4.78, 5) is 11.9. The lowest BCUT2D eigenvalue weighted by Gasteiger charge is -2.25. The Kier molecular flexibility index (Phi) is 8.27. The lowest BCUT2D eigenvalue weighted by atomic mass is 10.1. The Bertz CT molecular complexity index is 222. The van der Waals surface area contributed by atoms with Crippen LogP contribution in [0.4, 0.5) is 0 Å². The number of hydrogen-bond donors (Lipinski definition) is 0. The molecule has 0 N–H and O–H groups in total. The standard InChI is InChI=1S/C15H28O3/c1-3-4-5-6-7-10-14(16)13(2)18-15-11-8-9-12-17-15/h13,15H,3-12H2,1-2H3. The van der Waals surface area contributed by atoms with E-state index in [1.165, 1.54) is 19.3 Å². The highest BCUT2D eigenvalue weighted by molar-refractivity contribution is 5.82. The van der Waals surface area contributed by atoms with Gasteiger partial charge in [0.1, 0.15) is 6.10 Å². The van der Waals surface area contributed by atoms with Gasteiger partial charge in [0.15, 0.2) is 12.1 Å². The van der Waals surface area contributed by atoms with Crippen molar-refractivity contribution in [2.24, 2.45) is 0 Å². The molecule has 3 nitrogen and oxygen atoms in total. The van der Waals surface area contributed by atoms with Crippen molar-refractivity contribution in [3.05, 3.63) is 0 Å². The maximum atomic E-state index is 11.9. The smallest absolute Gasteiger partial charge is 0.161 e. The first kappa shape index (κ1) is 15.6. The molecule has 0 bridgehead atoms. The van der Waals surface area contributed by atoms with Crippen LogP contribution < -0.4 is 0 Å². The third-order valence-corrected chi connectivity index (χ3v) is 3.47. The SMILES string of the molecule is CCCCCCCC(=O)C(C)OC1CCCCO1. The first-order chi connectivity index (χ1) is 8.74. The van der Waals surface area contributed by atoms with Gasteiger partial charge in [-0.25, -0.2) is 0 Å². The van der Waals surface area contributed by atoms with E-state index < -0.39 is 0 Å². The van der Waals surface area contributed by atoms with E-state index in [0.717, 1.165) is 38.7 Å². The molecule has 2 atom stereocenters. The number of hydrogen-bond acceptors (Lipinski definition) is 3. The van der Waals surface area contributed by atoms with E-state index in [2.05, 4.69) is 6.92 Å². The number of ether oxygens (including phenoxy) is 2. The monoisotopic (exact) mass is 256 g/mol. The number of rotatable bonds is 9. The van der Waals surface area contributed by atoms with Crippen LogP contribution in [0.25, 0.3) is 0 Å². The molecule has 18 heavy (non-hydrogen) atoms. The normalized spacial score (nSPS) is 21.8. The molecule has 1 rings (SSSR count). The molecule has 0 amide bonds. The predicted molar refractivity (Wildman–Crippen MR) is 72.5 cm³/mol. The van der Waals surface area contributed by atoms with Crippen LogP contribution in [0.2, 0.25) is 0 Å². The van der Waals surface area contributed by atoms with Crippen LogP contribution in [0, 0.1) is 0 Å². The van der Waals surface area contributed by atoms with E-state index in [-0.39, 0.29) is 18.2 Å². The molecule has 0 aromatic rings. The summed E-state index contributed by atoms with van der Waals surface area (Å²) in [7, 11) is 0. The molecule has 0 aromatic heterocycles. The van der Waals surface area contributed by atoms with Crippen molar-refractivity contribution in [2.75, 3.05) is 6.61 Å². The largest absolute Gasteiger partial charge is 0.353 e. The fourth-order valence-electron chi connectivity index (χ4n) is 2.23. The maximum absolute atomic E-state index is 11.9. The van der Waals surface area contributed by atoms with Crippen LogP contribution in [0.5, 0.6) is 0 Å². The van der Waals surface area contributed by atoms with Crippen LogP contribution in [0.15, 0.2) is 0 Å². The number of unbranched alkanes of at least 4 members (excludes halogenated alkanes) is 4. The average Bonchev–Trinajstić information content (AvgIpc) is 2.39. The van der Waals surface area contributed by atoms with Crippen molar-refractivity contribution >= 4 is 5.78 Å². The second kappa shape index (κ2) is 9.51. The minimum atomic E-state index is -0.306. The molecule has 2 unspecified atom stereocenters. The molecule has 1 aliphatic rings.